The molecule has 8 nitrogen and oxygen atoms in total. The van der Waals surface area contributed by atoms with Gasteiger partial charge in [0.2, 0.25) is 0 Å². The van der Waals surface area contributed by atoms with Gasteiger partial charge in [-0.1, -0.05) is 51.3 Å². The number of ether oxygens (including phenoxy) is 1. The molecule has 1 aliphatic rings. The van der Waals surface area contributed by atoms with E-state index < -0.39 is 23.8 Å². The number of hydrogen-bond donors (Lipinski definition) is 2. The van der Waals surface area contributed by atoms with E-state index in [1.54, 1.807) is 36.4 Å². The Morgan fingerprint density at radius 1 is 1.00 bits per heavy atom. The van der Waals surface area contributed by atoms with Crippen LogP contribution in [-0.4, -0.2) is 28.9 Å². The molecular formula is C25H15BrCl2N2O6. The van der Waals surface area contributed by atoms with Gasteiger partial charge in [0, 0.05) is 4.47 Å². The van der Waals surface area contributed by atoms with Gasteiger partial charge in [-0.05, 0) is 65.7 Å². The topological polar surface area (TPSA) is 113 Å². The van der Waals surface area contributed by atoms with Crippen LogP contribution in [0.15, 0.2) is 70.7 Å². The predicted molar refractivity (Wildman–Crippen MR) is 137 cm³/mol. The molecule has 0 spiro atoms. The molecule has 182 valence electrons. The molecule has 1 saturated heterocycles. The molecule has 1 aliphatic heterocycles. The maximum Gasteiger partial charge on any atom is 0.335 e. The fourth-order valence-electron chi connectivity index (χ4n) is 3.35. The van der Waals surface area contributed by atoms with Gasteiger partial charge in [0.05, 0.1) is 21.3 Å². The van der Waals surface area contributed by atoms with Gasteiger partial charge in [0.15, 0.2) is 5.75 Å². The summed E-state index contributed by atoms with van der Waals surface area (Å²) < 4.78 is 6.46. The van der Waals surface area contributed by atoms with Gasteiger partial charge in [-0.3, -0.25) is 14.9 Å². The van der Waals surface area contributed by atoms with E-state index >= 15 is 0 Å². The minimum atomic E-state index is -1.03. The van der Waals surface area contributed by atoms with Crippen LogP contribution < -0.4 is 15.0 Å². The molecule has 0 bridgehead atoms. The highest BCUT2D eigenvalue weighted by molar-refractivity contribution is 9.10. The van der Waals surface area contributed by atoms with Crippen LogP contribution in [0.25, 0.3) is 6.08 Å². The maximum absolute atomic E-state index is 13.0. The number of anilines is 1. The third-order valence-electron chi connectivity index (χ3n) is 5.10. The van der Waals surface area contributed by atoms with E-state index in [2.05, 4.69) is 21.2 Å². The van der Waals surface area contributed by atoms with Crippen molar-refractivity contribution in [3.8, 4) is 5.75 Å². The number of nitrogens with zero attached hydrogens (tertiary/aromatic N) is 1. The van der Waals surface area contributed by atoms with Crippen LogP contribution in [0, 0.1) is 0 Å². The largest absolute Gasteiger partial charge is 0.486 e. The summed E-state index contributed by atoms with van der Waals surface area (Å²) in [6.45, 7) is 0.0743. The lowest BCUT2D eigenvalue weighted by molar-refractivity contribution is -0.122. The second kappa shape index (κ2) is 10.5. The number of carbonyl (C=O) groups is 4. The SMILES string of the molecule is O=C1NC(=O)N(c2ccc(Br)cc2)C(=O)/C1=C/c1cc(Cl)c(OCc2ccc(C(=O)O)cc2)c(Cl)c1. The average Bonchev–Trinajstić information content (AvgIpc) is 2.82. The number of barbiturate groups is 1. The smallest absolute Gasteiger partial charge is 0.335 e. The lowest BCUT2D eigenvalue weighted by atomic mass is 10.1. The van der Waals surface area contributed by atoms with Crippen LogP contribution in [0.3, 0.4) is 0 Å². The van der Waals surface area contributed by atoms with Crippen LogP contribution in [0.1, 0.15) is 21.5 Å². The monoisotopic (exact) mass is 588 g/mol. The first kappa shape index (κ1) is 25.4. The highest BCUT2D eigenvalue weighted by Gasteiger charge is 2.36. The molecule has 0 saturated carbocycles. The molecule has 3 aromatic rings. The van der Waals surface area contributed by atoms with Crippen LogP contribution in [0.2, 0.25) is 10.0 Å². The molecule has 0 radical (unpaired) electrons. The van der Waals surface area contributed by atoms with Gasteiger partial charge in [-0.2, -0.15) is 0 Å². The normalized spacial score (nSPS) is 14.7. The van der Waals surface area contributed by atoms with Crippen LogP contribution in [0.5, 0.6) is 5.75 Å². The van der Waals surface area contributed by atoms with E-state index in [0.29, 0.717) is 11.1 Å². The second-order valence-electron chi connectivity index (χ2n) is 7.54. The summed E-state index contributed by atoms with van der Waals surface area (Å²) in [5.74, 6) is -2.51. The summed E-state index contributed by atoms with van der Waals surface area (Å²) in [6, 6.07) is 14.6. The van der Waals surface area contributed by atoms with Gasteiger partial charge in [0.1, 0.15) is 12.2 Å². The van der Waals surface area contributed by atoms with Gasteiger partial charge in [-0.15, -0.1) is 0 Å². The van der Waals surface area contributed by atoms with Crippen LogP contribution in [0.4, 0.5) is 10.5 Å². The van der Waals surface area contributed by atoms with E-state index in [-0.39, 0.29) is 39.2 Å². The summed E-state index contributed by atoms with van der Waals surface area (Å²) in [5, 5.41) is 11.4. The first-order valence-electron chi connectivity index (χ1n) is 10.2. The van der Waals surface area contributed by atoms with Crippen molar-refractivity contribution in [3.63, 3.8) is 0 Å². The molecule has 2 N–H and O–H groups in total. The van der Waals surface area contributed by atoms with Gasteiger partial charge in [-0.25, -0.2) is 14.5 Å². The summed E-state index contributed by atoms with van der Waals surface area (Å²) in [4.78, 5) is 49.6. The Hall–Kier alpha value is -3.66. The first-order valence-corrected chi connectivity index (χ1v) is 11.8. The number of rotatable bonds is 6. The lowest BCUT2D eigenvalue weighted by Gasteiger charge is -2.26. The molecule has 0 aromatic heterocycles. The quantitative estimate of drug-likeness (QED) is 0.282. The molecule has 0 aliphatic carbocycles. The average molecular weight is 590 g/mol. The highest BCUT2D eigenvalue weighted by Crippen LogP contribution is 2.36. The molecular weight excluding hydrogens is 575 g/mol. The van der Waals surface area contributed by atoms with Crippen molar-refractivity contribution in [1.29, 1.82) is 0 Å². The maximum atomic E-state index is 13.0. The van der Waals surface area contributed by atoms with Crippen molar-refractivity contribution in [2.24, 2.45) is 0 Å². The fourth-order valence-corrected chi connectivity index (χ4v) is 4.23. The van der Waals surface area contributed by atoms with E-state index in [4.69, 9.17) is 33.0 Å². The molecule has 1 heterocycles. The number of nitrogens with one attached hydrogen (secondary N) is 1. The zero-order valence-electron chi connectivity index (χ0n) is 18.1. The molecule has 1 fully saturated rings. The van der Waals surface area contributed by atoms with Gasteiger partial charge >= 0.3 is 12.0 Å². The number of benzene rings is 3. The van der Waals surface area contributed by atoms with E-state index in [1.807, 2.05) is 0 Å². The van der Waals surface area contributed by atoms with Crippen molar-refractivity contribution < 1.29 is 29.0 Å². The van der Waals surface area contributed by atoms with E-state index in [1.165, 1.54) is 30.3 Å². The summed E-state index contributed by atoms with van der Waals surface area (Å²) in [6.07, 6.45) is 1.28. The summed E-state index contributed by atoms with van der Waals surface area (Å²) >= 11 is 16.0. The highest BCUT2D eigenvalue weighted by atomic mass is 79.9. The molecule has 0 atom stereocenters. The molecule has 3 aromatic carbocycles. The number of carboxylic acids is 1. The lowest BCUT2D eigenvalue weighted by Crippen LogP contribution is -2.54. The third kappa shape index (κ3) is 5.43. The zero-order valence-corrected chi connectivity index (χ0v) is 21.2. The Balaban J connectivity index is 1.57. The summed E-state index contributed by atoms with van der Waals surface area (Å²) in [5.41, 5.74) is 1.19. The minimum absolute atomic E-state index is 0.0743. The van der Waals surface area contributed by atoms with Crippen molar-refractivity contribution >= 4 is 74.7 Å². The minimum Gasteiger partial charge on any atom is -0.486 e. The van der Waals surface area contributed by atoms with Gasteiger partial charge < -0.3 is 9.84 Å². The van der Waals surface area contributed by atoms with Crippen molar-refractivity contribution in [2.45, 2.75) is 6.61 Å². The van der Waals surface area contributed by atoms with E-state index in [9.17, 15) is 19.2 Å². The standard InChI is InChI=1S/C25H15BrCl2N2O6/c26-16-5-7-17(8-6-16)30-23(32)18(22(31)29-25(30)35)9-14-10-19(27)21(20(28)11-14)36-12-13-1-3-15(4-2-13)24(33)34/h1-11H,12H2,(H,33,34)(H,29,31,35)/b18-9+. The third-order valence-corrected chi connectivity index (χ3v) is 6.19. The van der Waals surface area contributed by atoms with E-state index in [0.717, 1.165) is 9.37 Å². The number of amides is 4. The van der Waals surface area contributed by atoms with Crippen molar-refractivity contribution in [3.05, 3.63) is 97.4 Å². The molecule has 11 heteroatoms. The predicted octanol–water partition coefficient (Wildman–Crippen LogP) is 5.70. The Bertz CT molecular complexity index is 1400. The van der Waals surface area contributed by atoms with Crippen molar-refractivity contribution in [2.75, 3.05) is 4.90 Å². The first-order chi connectivity index (χ1) is 17.1. The number of aromatic carboxylic acids is 1. The molecule has 4 rings (SSSR count). The Morgan fingerprint density at radius 2 is 1.61 bits per heavy atom. The molecule has 0 unspecified atom stereocenters. The number of carboxylic acid groups (broad SMARTS) is 1. The second-order valence-corrected chi connectivity index (χ2v) is 9.27. The zero-order chi connectivity index (χ0) is 26.0. The Labute approximate surface area is 223 Å². The molecule has 36 heavy (non-hydrogen) atoms. The number of imide groups is 2. The molecule has 4 amide bonds. The number of hydrogen-bond acceptors (Lipinski definition) is 5. The Kier molecular flexibility index (Phi) is 7.44. The van der Waals surface area contributed by atoms with Crippen LogP contribution >= 0.6 is 39.1 Å². The van der Waals surface area contributed by atoms with Gasteiger partial charge in [0.25, 0.3) is 11.8 Å². The number of halogens is 3. The number of urea groups is 1. The fraction of sp³-hybridized carbons (Fsp3) is 0.0400. The van der Waals surface area contributed by atoms with Crippen molar-refractivity contribution in [1.82, 2.24) is 5.32 Å². The van der Waals surface area contributed by atoms with Crippen LogP contribution in [-0.2, 0) is 16.2 Å². The Morgan fingerprint density at radius 3 is 2.19 bits per heavy atom. The summed E-state index contributed by atoms with van der Waals surface area (Å²) in [7, 11) is 0. The number of carbonyl (C=O) groups excluding carboxylic acids is 3.